The number of H-pyrrole nitrogens is 1. The monoisotopic (exact) mass is 287 g/mol. The Morgan fingerprint density at radius 1 is 1.33 bits per heavy atom. The minimum Gasteiger partial charge on any atom is -0.374 e. The number of carbonyl (C=O) groups is 1. The van der Waals surface area contributed by atoms with Crippen molar-refractivity contribution >= 4 is 23.4 Å². The van der Waals surface area contributed by atoms with Gasteiger partial charge in [0, 0.05) is 19.8 Å². The van der Waals surface area contributed by atoms with Crippen molar-refractivity contribution in [3.63, 3.8) is 0 Å². The highest BCUT2D eigenvalue weighted by Gasteiger charge is 2.47. The van der Waals surface area contributed by atoms with Gasteiger partial charge in [-0.25, -0.2) is 4.99 Å². The van der Waals surface area contributed by atoms with Gasteiger partial charge in [-0.2, -0.15) is 0 Å². The quantitative estimate of drug-likeness (QED) is 0.829. The fourth-order valence-corrected chi connectivity index (χ4v) is 3.99. The van der Waals surface area contributed by atoms with Gasteiger partial charge in [0.15, 0.2) is 0 Å². The molecule has 0 radical (unpaired) electrons. The van der Waals surface area contributed by atoms with Crippen molar-refractivity contribution in [1.29, 1.82) is 0 Å². The Morgan fingerprint density at radius 2 is 2.10 bits per heavy atom. The Bertz CT molecular complexity index is 647. The second-order valence-electron chi connectivity index (χ2n) is 6.18. The first kappa shape index (κ1) is 12.7. The molecule has 1 aliphatic carbocycles. The SMILES string of the molecule is CNc1[nH]c(C)c2c1C(=O)N(C)C1=NC3CCCCC3N12. The third-order valence-electron chi connectivity index (χ3n) is 4.99. The maximum absolute atomic E-state index is 12.7. The number of fused-ring (bicyclic) bond motifs is 5. The number of aryl methyl sites for hydroxylation is 1. The predicted molar refractivity (Wildman–Crippen MR) is 83.1 cm³/mol. The van der Waals surface area contributed by atoms with Crippen molar-refractivity contribution in [2.45, 2.75) is 44.7 Å². The molecule has 1 amide bonds. The highest BCUT2D eigenvalue weighted by molar-refractivity contribution is 6.22. The van der Waals surface area contributed by atoms with Crippen LogP contribution in [-0.2, 0) is 0 Å². The fourth-order valence-electron chi connectivity index (χ4n) is 3.99. The molecule has 2 unspecified atom stereocenters. The van der Waals surface area contributed by atoms with Crippen LogP contribution in [0, 0.1) is 6.92 Å². The summed E-state index contributed by atoms with van der Waals surface area (Å²) in [7, 11) is 3.67. The Balaban J connectivity index is 1.91. The third-order valence-corrected chi connectivity index (χ3v) is 4.99. The number of anilines is 2. The van der Waals surface area contributed by atoms with Gasteiger partial charge >= 0.3 is 0 Å². The number of nitrogens with zero attached hydrogens (tertiary/aromatic N) is 3. The first-order valence-corrected chi connectivity index (χ1v) is 7.69. The van der Waals surface area contributed by atoms with Gasteiger partial charge in [0.2, 0.25) is 5.96 Å². The predicted octanol–water partition coefficient (Wildman–Crippen LogP) is 1.94. The van der Waals surface area contributed by atoms with Crippen molar-refractivity contribution in [1.82, 2.24) is 9.88 Å². The number of hydrogen-bond acceptors (Lipinski definition) is 4. The molecule has 4 rings (SSSR count). The number of aliphatic imine (C=N–C) groups is 1. The van der Waals surface area contributed by atoms with E-state index < -0.39 is 0 Å². The second-order valence-corrected chi connectivity index (χ2v) is 6.18. The molecule has 2 aliphatic heterocycles. The Morgan fingerprint density at radius 3 is 2.86 bits per heavy atom. The van der Waals surface area contributed by atoms with Gasteiger partial charge in [0.25, 0.3) is 5.91 Å². The van der Waals surface area contributed by atoms with Gasteiger partial charge < -0.3 is 15.2 Å². The van der Waals surface area contributed by atoms with Crippen LogP contribution < -0.4 is 10.2 Å². The smallest absolute Gasteiger partial charge is 0.266 e. The van der Waals surface area contributed by atoms with Crippen LogP contribution >= 0.6 is 0 Å². The van der Waals surface area contributed by atoms with Crippen LogP contribution in [0.3, 0.4) is 0 Å². The highest BCUT2D eigenvalue weighted by Crippen LogP contribution is 2.43. The summed E-state index contributed by atoms with van der Waals surface area (Å²) in [4.78, 5) is 24.9. The molecule has 1 aromatic heterocycles. The molecule has 3 heterocycles. The number of carbonyl (C=O) groups excluding carboxylic acids is 1. The van der Waals surface area contributed by atoms with Gasteiger partial charge in [-0.15, -0.1) is 0 Å². The molecular weight excluding hydrogens is 266 g/mol. The van der Waals surface area contributed by atoms with E-state index in [1.807, 2.05) is 21.0 Å². The van der Waals surface area contributed by atoms with Crippen LogP contribution in [0.25, 0.3) is 0 Å². The van der Waals surface area contributed by atoms with E-state index in [9.17, 15) is 4.79 Å². The van der Waals surface area contributed by atoms with Gasteiger partial charge in [-0.1, -0.05) is 12.8 Å². The lowest BCUT2D eigenvalue weighted by molar-refractivity contribution is 0.0866. The zero-order valence-corrected chi connectivity index (χ0v) is 12.7. The van der Waals surface area contributed by atoms with Crippen LogP contribution in [-0.4, -0.2) is 47.9 Å². The molecule has 6 heteroatoms. The molecule has 1 fully saturated rings. The van der Waals surface area contributed by atoms with Crippen molar-refractivity contribution in [3.05, 3.63) is 11.3 Å². The van der Waals surface area contributed by atoms with Crippen LogP contribution in [0.1, 0.15) is 41.7 Å². The molecule has 3 aliphatic rings. The van der Waals surface area contributed by atoms with E-state index in [1.165, 1.54) is 12.8 Å². The molecule has 21 heavy (non-hydrogen) atoms. The first-order valence-electron chi connectivity index (χ1n) is 7.69. The number of nitrogens with one attached hydrogen (secondary N) is 2. The minimum atomic E-state index is 0.0207. The van der Waals surface area contributed by atoms with Crippen LogP contribution in [0.4, 0.5) is 11.5 Å². The van der Waals surface area contributed by atoms with E-state index in [2.05, 4.69) is 15.2 Å². The number of hydrogen-bond donors (Lipinski definition) is 2. The van der Waals surface area contributed by atoms with Crippen LogP contribution in [0.15, 0.2) is 4.99 Å². The molecule has 0 aromatic carbocycles. The Kier molecular flexibility index (Phi) is 2.58. The van der Waals surface area contributed by atoms with Crippen molar-refractivity contribution in [2.75, 3.05) is 24.3 Å². The average Bonchev–Trinajstić information content (AvgIpc) is 3.02. The fraction of sp³-hybridized carbons (Fsp3) is 0.600. The number of rotatable bonds is 1. The molecule has 1 aromatic rings. The van der Waals surface area contributed by atoms with Crippen LogP contribution in [0.2, 0.25) is 0 Å². The molecule has 0 bridgehead atoms. The van der Waals surface area contributed by atoms with Crippen molar-refractivity contribution < 1.29 is 4.79 Å². The summed E-state index contributed by atoms with van der Waals surface area (Å²) in [6.45, 7) is 2.03. The van der Waals surface area contributed by atoms with Gasteiger partial charge in [-0.3, -0.25) is 9.69 Å². The number of aromatic amines is 1. The molecule has 2 N–H and O–H groups in total. The number of amides is 1. The lowest BCUT2D eigenvalue weighted by Gasteiger charge is -2.38. The summed E-state index contributed by atoms with van der Waals surface area (Å²) in [5.41, 5.74) is 2.81. The Hall–Kier alpha value is -1.98. The molecule has 0 saturated heterocycles. The molecular formula is C15H21N5O. The standard InChI is InChI=1S/C15H21N5O/c1-8-12-11(13(16-2)17-8)14(21)19(3)15-18-9-6-4-5-7-10(9)20(12)15/h9-10,16-17H,4-7H2,1-3H3. The first-order chi connectivity index (χ1) is 10.1. The van der Waals surface area contributed by atoms with Gasteiger partial charge in [0.05, 0.1) is 17.8 Å². The zero-order chi connectivity index (χ0) is 14.7. The van der Waals surface area contributed by atoms with E-state index in [4.69, 9.17) is 4.99 Å². The largest absolute Gasteiger partial charge is 0.374 e. The summed E-state index contributed by atoms with van der Waals surface area (Å²) in [6, 6.07) is 0.740. The van der Waals surface area contributed by atoms with E-state index in [0.29, 0.717) is 12.1 Å². The molecule has 0 spiro atoms. The highest BCUT2D eigenvalue weighted by atomic mass is 16.2. The maximum atomic E-state index is 12.7. The molecule has 1 saturated carbocycles. The lowest BCUT2D eigenvalue weighted by Crippen LogP contribution is -2.52. The van der Waals surface area contributed by atoms with E-state index >= 15 is 0 Å². The van der Waals surface area contributed by atoms with Gasteiger partial charge in [0.1, 0.15) is 11.4 Å². The van der Waals surface area contributed by atoms with Crippen molar-refractivity contribution in [2.24, 2.45) is 4.99 Å². The zero-order valence-electron chi connectivity index (χ0n) is 12.7. The number of aromatic nitrogens is 1. The van der Waals surface area contributed by atoms with Gasteiger partial charge in [-0.05, 0) is 19.8 Å². The van der Waals surface area contributed by atoms with Crippen LogP contribution in [0.5, 0.6) is 0 Å². The summed E-state index contributed by atoms with van der Waals surface area (Å²) < 4.78 is 0. The summed E-state index contributed by atoms with van der Waals surface area (Å²) >= 11 is 0. The molecule has 112 valence electrons. The summed E-state index contributed by atoms with van der Waals surface area (Å²) in [6.07, 6.45) is 4.77. The lowest BCUT2D eigenvalue weighted by atomic mass is 9.90. The maximum Gasteiger partial charge on any atom is 0.266 e. The second kappa shape index (κ2) is 4.26. The normalized spacial score (nSPS) is 27.2. The third kappa shape index (κ3) is 1.53. The number of guanidine groups is 1. The topological polar surface area (TPSA) is 63.7 Å². The van der Waals surface area contributed by atoms with E-state index in [1.54, 1.807) is 4.90 Å². The Labute approximate surface area is 124 Å². The van der Waals surface area contributed by atoms with E-state index in [-0.39, 0.29) is 5.91 Å². The average molecular weight is 287 g/mol. The van der Waals surface area contributed by atoms with E-state index in [0.717, 1.165) is 41.6 Å². The minimum absolute atomic E-state index is 0.0207. The molecule has 6 nitrogen and oxygen atoms in total. The summed E-state index contributed by atoms with van der Waals surface area (Å²) in [5, 5.41) is 3.11. The molecule has 2 atom stereocenters. The summed E-state index contributed by atoms with van der Waals surface area (Å²) in [5.74, 6) is 1.65. The van der Waals surface area contributed by atoms with Crippen molar-refractivity contribution in [3.8, 4) is 0 Å².